The third-order valence-corrected chi connectivity index (χ3v) is 5.46. The van der Waals surface area contributed by atoms with Crippen molar-refractivity contribution in [2.45, 2.75) is 25.3 Å². The van der Waals surface area contributed by atoms with Gasteiger partial charge < -0.3 is 19.7 Å². The summed E-state index contributed by atoms with van der Waals surface area (Å²) in [5, 5.41) is 11.6. The predicted molar refractivity (Wildman–Crippen MR) is 109 cm³/mol. The molecule has 1 aromatic carbocycles. The maximum Gasteiger partial charge on any atom is 0.405 e. The highest BCUT2D eigenvalue weighted by Gasteiger charge is 2.36. The van der Waals surface area contributed by atoms with E-state index in [0.29, 0.717) is 22.3 Å². The molecule has 7 nitrogen and oxygen atoms in total. The molecular formula is C21H17ClF3N3O4. The highest BCUT2D eigenvalue weighted by Crippen LogP contribution is 2.34. The van der Waals surface area contributed by atoms with Gasteiger partial charge in [0.05, 0.1) is 17.1 Å². The Balaban J connectivity index is 1.58. The molecule has 0 saturated carbocycles. The van der Waals surface area contributed by atoms with Crippen LogP contribution in [0.25, 0.3) is 22.2 Å². The van der Waals surface area contributed by atoms with E-state index >= 15 is 0 Å². The Bertz CT molecular complexity index is 1200. The topological polar surface area (TPSA) is 95.7 Å². The Morgan fingerprint density at radius 2 is 1.94 bits per heavy atom. The Labute approximate surface area is 184 Å². The number of hydrogen-bond donors (Lipinski definition) is 2. The van der Waals surface area contributed by atoms with Crippen molar-refractivity contribution in [3.8, 4) is 11.3 Å². The highest BCUT2D eigenvalue weighted by molar-refractivity contribution is 6.35. The van der Waals surface area contributed by atoms with E-state index in [9.17, 15) is 22.8 Å². The van der Waals surface area contributed by atoms with Gasteiger partial charge in [0, 0.05) is 43.1 Å². The lowest BCUT2D eigenvalue weighted by atomic mass is 10.0. The molecular weight excluding hydrogens is 451 g/mol. The predicted octanol–water partition coefficient (Wildman–Crippen LogP) is 4.93. The molecule has 32 heavy (non-hydrogen) atoms. The molecule has 0 atom stereocenters. The summed E-state index contributed by atoms with van der Waals surface area (Å²) >= 11 is 6.24. The largest absolute Gasteiger partial charge is 0.465 e. The van der Waals surface area contributed by atoms with Crippen LogP contribution < -0.4 is 5.32 Å². The molecule has 3 heterocycles. The van der Waals surface area contributed by atoms with E-state index in [-0.39, 0.29) is 35.9 Å². The Morgan fingerprint density at radius 3 is 2.59 bits per heavy atom. The third-order valence-electron chi connectivity index (χ3n) is 5.18. The Kier molecular flexibility index (Phi) is 5.72. The number of aromatic nitrogens is 1. The van der Waals surface area contributed by atoms with E-state index in [4.69, 9.17) is 21.1 Å². The van der Waals surface area contributed by atoms with Crippen LogP contribution in [0.5, 0.6) is 0 Å². The van der Waals surface area contributed by atoms with Crippen LogP contribution in [-0.4, -0.2) is 46.0 Å². The number of fused-ring (bicyclic) bond motifs is 1. The first-order valence-corrected chi connectivity index (χ1v) is 10.0. The molecule has 0 aliphatic carbocycles. The minimum Gasteiger partial charge on any atom is -0.465 e. The quantitative estimate of drug-likeness (QED) is 0.567. The third kappa shape index (κ3) is 4.50. The molecule has 0 spiro atoms. The lowest BCUT2D eigenvalue weighted by molar-refractivity contribution is -0.0494. The molecule has 0 unspecified atom stereocenters. The molecule has 0 bridgehead atoms. The standard InChI is InChI=1S/C21H17ClF3N3O4/c22-15-7-11(5-12-6-14(32-18(12)15)10-27-20(30)31)17-16(23)8-13(9-26-17)19(29)28-3-1-21(24,25)2-4-28/h5-9,27H,1-4,10H2,(H,30,31). The van der Waals surface area contributed by atoms with Crippen LogP contribution in [0, 0.1) is 5.82 Å². The van der Waals surface area contributed by atoms with Crippen LogP contribution in [0.1, 0.15) is 29.0 Å². The van der Waals surface area contributed by atoms with E-state index in [1.165, 1.54) is 17.2 Å². The average molecular weight is 468 g/mol. The average Bonchev–Trinajstić information content (AvgIpc) is 3.15. The number of benzene rings is 1. The highest BCUT2D eigenvalue weighted by atomic mass is 35.5. The van der Waals surface area contributed by atoms with Gasteiger partial charge in [-0.05, 0) is 24.3 Å². The fraction of sp³-hybridized carbons (Fsp3) is 0.286. The summed E-state index contributed by atoms with van der Waals surface area (Å²) in [7, 11) is 0. The number of pyridine rings is 1. The summed E-state index contributed by atoms with van der Waals surface area (Å²) < 4.78 is 47.0. The zero-order chi connectivity index (χ0) is 23.0. The normalized spacial score (nSPS) is 15.7. The summed E-state index contributed by atoms with van der Waals surface area (Å²) in [5.41, 5.74) is 0.554. The molecule has 1 saturated heterocycles. The second kappa shape index (κ2) is 8.34. The number of alkyl halides is 2. The first-order valence-electron chi connectivity index (χ1n) is 9.65. The summed E-state index contributed by atoms with van der Waals surface area (Å²) in [6, 6.07) is 5.62. The van der Waals surface area contributed by atoms with Gasteiger partial charge in [-0.15, -0.1) is 0 Å². The fourth-order valence-corrected chi connectivity index (χ4v) is 3.80. The van der Waals surface area contributed by atoms with E-state index < -0.39 is 36.6 Å². The van der Waals surface area contributed by atoms with Crippen LogP contribution in [0.2, 0.25) is 5.02 Å². The van der Waals surface area contributed by atoms with Crippen LogP contribution in [0.3, 0.4) is 0 Å². The molecule has 11 heteroatoms. The van der Waals surface area contributed by atoms with Gasteiger partial charge in [0.15, 0.2) is 5.58 Å². The lowest BCUT2D eigenvalue weighted by Crippen LogP contribution is -2.42. The number of amides is 2. The number of hydrogen-bond acceptors (Lipinski definition) is 4. The Hall–Kier alpha value is -3.27. The first kappa shape index (κ1) is 21.9. The number of carbonyl (C=O) groups is 2. The first-order chi connectivity index (χ1) is 15.1. The zero-order valence-electron chi connectivity index (χ0n) is 16.5. The molecule has 0 radical (unpaired) electrons. The van der Waals surface area contributed by atoms with Crippen molar-refractivity contribution in [2.24, 2.45) is 0 Å². The number of carbonyl (C=O) groups excluding carboxylic acids is 1. The van der Waals surface area contributed by atoms with Crippen LogP contribution in [0.4, 0.5) is 18.0 Å². The van der Waals surface area contributed by atoms with Crippen molar-refractivity contribution in [2.75, 3.05) is 13.1 Å². The van der Waals surface area contributed by atoms with Crippen molar-refractivity contribution in [3.63, 3.8) is 0 Å². The van der Waals surface area contributed by atoms with Crippen molar-refractivity contribution in [1.82, 2.24) is 15.2 Å². The second-order valence-corrected chi connectivity index (χ2v) is 7.86. The smallest absolute Gasteiger partial charge is 0.405 e. The van der Waals surface area contributed by atoms with E-state index in [1.54, 1.807) is 12.1 Å². The molecule has 2 amide bonds. The fourth-order valence-electron chi connectivity index (χ4n) is 3.54. The van der Waals surface area contributed by atoms with Crippen molar-refractivity contribution >= 4 is 34.6 Å². The van der Waals surface area contributed by atoms with Gasteiger partial charge in [0.25, 0.3) is 11.8 Å². The molecule has 2 aromatic heterocycles. The Morgan fingerprint density at radius 1 is 1.22 bits per heavy atom. The van der Waals surface area contributed by atoms with Crippen LogP contribution >= 0.6 is 11.6 Å². The summed E-state index contributed by atoms with van der Waals surface area (Å²) in [5.74, 6) is -3.80. The molecule has 2 N–H and O–H groups in total. The van der Waals surface area contributed by atoms with Crippen molar-refractivity contribution in [3.05, 3.63) is 52.6 Å². The van der Waals surface area contributed by atoms with Crippen LogP contribution in [0.15, 0.2) is 34.9 Å². The summed E-state index contributed by atoms with van der Waals surface area (Å²) in [6.45, 7) is -0.288. The van der Waals surface area contributed by atoms with Gasteiger partial charge >= 0.3 is 6.09 Å². The van der Waals surface area contributed by atoms with Gasteiger partial charge in [-0.25, -0.2) is 18.0 Å². The maximum absolute atomic E-state index is 14.8. The summed E-state index contributed by atoms with van der Waals surface area (Å²) in [6.07, 6.45) is -0.875. The lowest BCUT2D eigenvalue weighted by Gasteiger charge is -2.31. The van der Waals surface area contributed by atoms with E-state index in [2.05, 4.69) is 10.3 Å². The number of piperidine rings is 1. The second-order valence-electron chi connectivity index (χ2n) is 7.45. The van der Waals surface area contributed by atoms with Crippen molar-refractivity contribution in [1.29, 1.82) is 0 Å². The summed E-state index contributed by atoms with van der Waals surface area (Å²) in [4.78, 5) is 28.5. The number of halogens is 4. The molecule has 3 aromatic rings. The number of nitrogens with zero attached hydrogens (tertiary/aromatic N) is 2. The molecule has 168 valence electrons. The van der Waals surface area contributed by atoms with Gasteiger partial charge in [-0.3, -0.25) is 9.78 Å². The van der Waals surface area contributed by atoms with Gasteiger partial charge in [0.1, 0.15) is 17.3 Å². The molecule has 4 rings (SSSR count). The number of rotatable bonds is 4. The number of nitrogens with one attached hydrogen (secondary N) is 1. The van der Waals surface area contributed by atoms with Gasteiger partial charge in [-0.1, -0.05) is 11.6 Å². The molecule has 1 fully saturated rings. The molecule has 1 aliphatic heterocycles. The SMILES string of the molecule is O=C(O)NCc1cc2cc(-c3ncc(C(=O)N4CCC(F)(F)CC4)cc3F)cc(Cl)c2o1. The van der Waals surface area contributed by atoms with Crippen LogP contribution in [-0.2, 0) is 6.54 Å². The zero-order valence-corrected chi connectivity index (χ0v) is 17.3. The minimum atomic E-state index is -2.79. The minimum absolute atomic E-state index is 0.0333. The van der Waals surface area contributed by atoms with E-state index in [0.717, 1.165) is 6.07 Å². The van der Waals surface area contributed by atoms with Gasteiger partial charge in [0.2, 0.25) is 0 Å². The van der Waals surface area contributed by atoms with Crippen molar-refractivity contribution < 1.29 is 32.3 Å². The maximum atomic E-state index is 14.8. The van der Waals surface area contributed by atoms with Gasteiger partial charge in [-0.2, -0.15) is 0 Å². The van der Waals surface area contributed by atoms with E-state index in [1.807, 2.05) is 0 Å². The monoisotopic (exact) mass is 467 g/mol. The number of carboxylic acid groups (broad SMARTS) is 1. The number of likely N-dealkylation sites (tertiary alicyclic amines) is 1. The number of furan rings is 1. The molecule has 1 aliphatic rings.